The van der Waals surface area contributed by atoms with E-state index in [1.807, 2.05) is 0 Å². The fourth-order valence-corrected chi connectivity index (χ4v) is 3.43. The maximum absolute atomic E-state index is 13.9. The van der Waals surface area contributed by atoms with Crippen molar-refractivity contribution in [3.63, 3.8) is 0 Å². The first-order valence-corrected chi connectivity index (χ1v) is 9.04. The van der Waals surface area contributed by atoms with E-state index in [0.717, 1.165) is 19.2 Å². The molecule has 2 rings (SSSR count). The highest BCUT2D eigenvalue weighted by Crippen LogP contribution is 2.27. The fourth-order valence-electron chi connectivity index (χ4n) is 2.79. The lowest BCUT2D eigenvalue weighted by molar-refractivity contribution is 0.145. The third-order valence-corrected chi connectivity index (χ3v) is 5.43. The van der Waals surface area contributed by atoms with Crippen molar-refractivity contribution < 1.29 is 12.8 Å². The van der Waals surface area contributed by atoms with E-state index in [-0.39, 0.29) is 16.6 Å². The molecule has 1 aromatic carbocycles. The number of nitrogens with zero attached hydrogens (tertiary/aromatic N) is 1. The van der Waals surface area contributed by atoms with Crippen molar-refractivity contribution in [3.8, 4) is 0 Å². The number of halogens is 1. The van der Waals surface area contributed by atoms with Crippen molar-refractivity contribution in [1.29, 1.82) is 0 Å². The van der Waals surface area contributed by atoms with Gasteiger partial charge in [-0.15, -0.1) is 0 Å². The Morgan fingerprint density at radius 1 is 1.33 bits per heavy atom. The zero-order valence-corrected chi connectivity index (χ0v) is 13.7. The monoisotopic (exact) mass is 314 g/mol. The standard InChI is InChI=1S/C15H23FN2O2S/c1-10-9-18(3)11(2)7-14(10)17-15-8-12(21(4,19)20)5-6-13(15)16/h5-6,8,10-11,14,17H,7,9H2,1-4H3. The van der Waals surface area contributed by atoms with Gasteiger partial charge in [-0.1, -0.05) is 6.92 Å². The van der Waals surface area contributed by atoms with Gasteiger partial charge in [-0.2, -0.15) is 0 Å². The predicted octanol–water partition coefficient (Wildman–Crippen LogP) is 2.37. The van der Waals surface area contributed by atoms with Crippen molar-refractivity contribution in [2.45, 2.75) is 37.2 Å². The molecule has 1 aromatic rings. The quantitative estimate of drug-likeness (QED) is 0.870. The van der Waals surface area contributed by atoms with Crippen LogP contribution in [0.15, 0.2) is 23.1 Å². The number of nitrogens with one attached hydrogen (secondary N) is 1. The van der Waals surface area contributed by atoms with E-state index in [1.54, 1.807) is 0 Å². The summed E-state index contributed by atoms with van der Waals surface area (Å²) in [6.45, 7) is 5.20. The Hall–Kier alpha value is -1.14. The van der Waals surface area contributed by atoms with Gasteiger partial charge in [-0.05, 0) is 44.5 Å². The van der Waals surface area contributed by atoms with E-state index >= 15 is 0 Å². The summed E-state index contributed by atoms with van der Waals surface area (Å²) in [6.07, 6.45) is 2.03. The number of sulfone groups is 1. The summed E-state index contributed by atoms with van der Waals surface area (Å²) in [4.78, 5) is 2.42. The molecule has 0 saturated carbocycles. The predicted molar refractivity (Wildman–Crippen MR) is 82.8 cm³/mol. The minimum absolute atomic E-state index is 0.139. The summed E-state index contributed by atoms with van der Waals surface area (Å²) >= 11 is 0. The first kappa shape index (κ1) is 16.2. The first-order valence-electron chi connectivity index (χ1n) is 7.15. The van der Waals surface area contributed by atoms with Gasteiger partial charge in [0.1, 0.15) is 5.82 Å². The molecule has 0 bridgehead atoms. The van der Waals surface area contributed by atoms with Crippen LogP contribution in [0.1, 0.15) is 20.3 Å². The second kappa shape index (κ2) is 5.93. The Balaban J connectivity index is 2.23. The van der Waals surface area contributed by atoms with E-state index in [9.17, 15) is 12.8 Å². The lowest BCUT2D eigenvalue weighted by atomic mass is 9.89. The van der Waals surface area contributed by atoms with E-state index < -0.39 is 15.7 Å². The average molecular weight is 314 g/mol. The topological polar surface area (TPSA) is 49.4 Å². The summed E-state index contributed by atoms with van der Waals surface area (Å²) in [5.41, 5.74) is 0.270. The molecule has 0 spiro atoms. The molecular formula is C15H23FN2O2S. The highest BCUT2D eigenvalue weighted by atomic mass is 32.2. The van der Waals surface area contributed by atoms with Crippen LogP contribution in [0.2, 0.25) is 0 Å². The van der Waals surface area contributed by atoms with Crippen molar-refractivity contribution in [2.24, 2.45) is 5.92 Å². The van der Waals surface area contributed by atoms with Crippen LogP contribution in [0, 0.1) is 11.7 Å². The molecule has 1 aliphatic heterocycles. The molecular weight excluding hydrogens is 291 g/mol. The van der Waals surface area contributed by atoms with Gasteiger partial charge in [0.05, 0.1) is 10.6 Å². The normalized spacial score (nSPS) is 27.6. The Kier molecular flexibility index (Phi) is 4.58. The van der Waals surface area contributed by atoms with Crippen LogP contribution in [-0.2, 0) is 9.84 Å². The molecule has 1 N–H and O–H groups in total. The minimum atomic E-state index is -3.33. The van der Waals surface area contributed by atoms with Gasteiger partial charge in [0, 0.05) is 24.9 Å². The molecule has 1 fully saturated rings. The van der Waals surface area contributed by atoms with Crippen LogP contribution < -0.4 is 5.32 Å². The van der Waals surface area contributed by atoms with E-state index in [1.165, 1.54) is 18.2 Å². The van der Waals surface area contributed by atoms with Gasteiger partial charge in [-0.3, -0.25) is 0 Å². The highest BCUT2D eigenvalue weighted by molar-refractivity contribution is 7.90. The third kappa shape index (κ3) is 3.74. The Morgan fingerprint density at radius 3 is 2.62 bits per heavy atom. The molecule has 3 unspecified atom stereocenters. The molecule has 0 radical (unpaired) electrons. The van der Waals surface area contributed by atoms with Crippen LogP contribution in [0.5, 0.6) is 0 Å². The lowest BCUT2D eigenvalue weighted by Crippen LogP contribution is -2.48. The van der Waals surface area contributed by atoms with Crippen LogP contribution in [-0.4, -0.2) is 45.2 Å². The lowest BCUT2D eigenvalue weighted by Gasteiger charge is -2.40. The Morgan fingerprint density at radius 2 is 2.00 bits per heavy atom. The zero-order chi connectivity index (χ0) is 15.8. The molecule has 1 saturated heterocycles. The first-order chi connectivity index (χ1) is 9.68. The van der Waals surface area contributed by atoms with Crippen molar-refractivity contribution in [1.82, 2.24) is 4.90 Å². The second-order valence-electron chi connectivity index (χ2n) is 6.17. The number of hydrogen-bond acceptors (Lipinski definition) is 4. The Bertz CT molecular complexity index is 618. The number of hydrogen-bond donors (Lipinski definition) is 1. The van der Waals surface area contributed by atoms with Crippen molar-refractivity contribution in [3.05, 3.63) is 24.0 Å². The summed E-state index contributed by atoms with van der Waals surface area (Å²) < 4.78 is 37.1. The van der Waals surface area contributed by atoms with Crippen LogP contribution in [0.3, 0.4) is 0 Å². The summed E-state index contributed by atoms with van der Waals surface area (Å²) in [5.74, 6) is -0.0475. The minimum Gasteiger partial charge on any atom is -0.380 e. The van der Waals surface area contributed by atoms with Gasteiger partial charge < -0.3 is 10.2 Å². The van der Waals surface area contributed by atoms with E-state index in [2.05, 4.69) is 31.1 Å². The van der Waals surface area contributed by atoms with Gasteiger partial charge in [0.15, 0.2) is 9.84 Å². The molecule has 3 atom stereocenters. The van der Waals surface area contributed by atoms with Crippen LogP contribution in [0.25, 0.3) is 0 Å². The molecule has 4 nitrogen and oxygen atoms in total. The van der Waals surface area contributed by atoms with E-state index in [0.29, 0.717) is 12.0 Å². The summed E-state index contributed by atoms with van der Waals surface area (Å²) in [5, 5.41) is 3.20. The number of benzene rings is 1. The third-order valence-electron chi connectivity index (χ3n) is 4.32. The summed E-state index contributed by atoms with van der Waals surface area (Å²) in [7, 11) is -1.25. The molecule has 1 heterocycles. The van der Waals surface area contributed by atoms with Crippen molar-refractivity contribution >= 4 is 15.5 Å². The Labute approximate surface area is 126 Å². The molecule has 0 aliphatic carbocycles. The molecule has 118 valence electrons. The smallest absolute Gasteiger partial charge is 0.175 e. The zero-order valence-electron chi connectivity index (χ0n) is 12.9. The maximum Gasteiger partial charge on any atom is 0.175 e. The van der Waals surface area contributed by atoms with Crippen LogP contribution >= 0.6 is 0 Å². The van der Waals surface area contributed by atoms with Crippen LogP contribution in [0.4, 0.5) is 10.1 Å². The van der Waals surface area contributed by atoms with Crippen molar-refractivity contribution in [2.75, 3.05) is 25.2 Å². The van der Waals surface area contributed by atoms with Gasteiger partial charge in [0.25, 0.3) is 0 Å². The highest BCUT2D eigenvalue weighted by Gasteiger charge is 2.29. The molecule has 1 aliphatic rings. The van der Waals surface area contributed by atoms with Gasteiger partial charge in [-0.25, -0.2) is 12.8 Å². The maximum atomic E-state index is 13.9. The second-order valence-corrected chi connectivity index (χ2v) is 8.18. The molecule has 0 aromatic heterocycles. The number of rotatable bonds is 3. The van der Waals surface area contributed by atoms with Gasteiger partial charge in [0.2, 0.25) is 0 Å². The molecule has 6 heteroatoms. The average Bonchev–Trinajstić information content (AvgIpc) is 2.37. The fraction of sp³-hybridized carbons (Fsp3) is 0.600. The number of piperidine rings is 1. The molecule has 0 amide bonds. The van der Waals surface area contributed by atoms with E-state index in [4.69, 9.17) is 0 Å². The largest absolute Gasteiger partial charge is 0.380 e. The summed E-state index contributed by atoms with van der Waals surface area (Å²) in [6, 6.07) is 4.46. The number of likely N-dealkylation sites (tertiary alicyclic amines) is 1. The van der Waals surface area contributed by atoms with Gasteiger partial charge >= 0.3 is 0 Å². The number of anilines is 1. The molecule has 21 heavy (non-hydrogen) atoms. The SMILES string of the molecule is CC1CN(C)C(C)CC1Nc1cc(S(C)(=O)=O)ccc1F.